The highest BCUT2D eigenvalue weighted by atomic mass is 16.5. The number of likely N-dealkylation sites (N-methyl/N-ethyl adjacent to an activating group) is 1. The first-order chi connectivity index (χ1) is 9.90. The second kappa shape index (κ2) is 6.13. The number of carboxylic acids is 1. The average molecular weight is 296 g/mol. The fourth-order valence-electron chi connectivity index (χ4n) is 2.48. The van der Waals surface area contributed by atoms with Gasteiger partial charge in [0.25, 0.3) is 0 Å². The molecule has 2 rings (SSSR count). The predicted octanol–water partition coefficient (Wildman–Crippen LogP) is 0.365. The van der Waals surface area contributed by atoms with Crippen LogP contribution in [0.4, 0.5) is 4.79 Å². The van der Waals surface area contributed by atoms with E-state index in [2.05, 4.69) is 10.4 Å². The number of aliphatic carboxylic acids is 1. The second-order valence-corrected chi connectivity index (χ2v) is 5.21. The number of carbonyl (C=O) groups excluding carboxylic acids is 1. The molecular weight excluding hydrogens is 276 g/mol. The van der Waals surface area contributed by atoms with Gasteiger partial charge in [0.2, 0.25) is 0 Å². The smallest absolute Gasteiger partial charge is 0.331 e. The summed E-state index contributed by atoms with van der Waals surface area (Å²) < 4.78 is 6.92. The molecule has 0 radical (unpaired) electrons. The van der Waals surface area contributed by atoms with Crippen LogP contribution in [0, 0.1) is 0 Å². The molecule has 1 aromatic rings. The van der Waals surface area contributed by atoms with Gasteiger partial charge in [-0.1, -0.05) is 0 Å². The summed E-state index contributed by atoms with van der Waals surface area (Å²) >= 11 is 0. The molecule has 0 saturated carbocycles. The molecule has 116 valence electrons. The Kier molecular flexibility index (Phi) is 4.46. The van der Waals surface area contributed by atoms with Crippen LogP contribution in [-0.2, 0) is 16.6 Å². The van der Waals surface area contributed by atoms with Crippen LogP contribution in [-0.4, -0.2) is 57.6 Å². The molecule has 2 amide bonds. The second-order valence-electron chi connectivity index (χ2n) is 5.21. The molecule has 3 unspecified atom stereocenters. The third-order valence-corrected chi connectivity index (χ3v) is 3.73. The van der Waals surface area contributed by atoms with Crippen molar-refractivity contribution in [1.29, 1.82) is 0 Å². The van der Waals surface area contributed by atoms with Crippen LogP contribution < -0.4 is 5.32 Å². The number of urea groups is 1. The number of aryl methyl sites for hydroxylation is 1. The molecule has 1 fully saturated rings. The maximum Gasteiger partial charge on any atom is 0.331 e. The lowest BCUT2D eigenvalue weighted by atomic mass is 10.1. The normalized spacial score (nSPS) is 22.8. The van der Waals surface area contributed by atoms with Crippen LogP contribution in [0.2, 0.25) is 0 Å². The molecule has 2 heterocycles. The average Bonchev–Trinajstić information content (AvgIpc) is 3.03. The molecule has 2 N–H and O–H groups in total. The first kappa shape index (κ1) is 15.3. The van der Waals surface area contributed by atoms with E-state index in [0.29, 0.717) is 12.2 Å². The van der Waals surface area contributed by atoms with E-state index in [1.54, 1.807) is 20.3 Å². The molecule has 21 heavy (non-hydrogen) atoms. The minimum Gasteiger partial charge on any atom is -0.479 e. The van der Waals surface area contributed by atoms with E-state index in [1.807, 2.05) is 6.92 Å². The van der Waals surface area contributed by atoms with Crippen molar-refractivity contribution in [3.05, 3.63) is 18.0 Å². The SMILES string of the molecule is CC1OCCC1N(C)C(=O)NC(C(=O)O)c1cnn(C)c1. The standard InChI is InChI=1S/C13H20N4O4/c1-8-10(4-5-21-8)17(3)13(20)15-11(12(18)19)9-6-14-16(2)7-9/h6-8,10-11H,4-5H2,1-3H3,(H,15,20)(H,18,19). The lowest BCUT2D eigenvalue weighted by molar-refractivity contribution is -0.139. The summed E-state index contributed by atoms with van der Waals surface area (Å²) in [6, 6.07) is -1.60. The summed E-state index contributed by atoms with van der Waals surface area (Å²) in [5.41, 5.74) is 0.433. The molecule has 3 atom stereocenters. The van der Waals surface area contributed by atoms with Gasteiger partial charge in [-0.05, 0) is 13.3 Å². The maximum atomic E-state index is 12.2. The van der Waals surface area contributed by atoms with E-state index in [4.69, 9.17) is 4.74 Å². The molecule has 1 aliphatic rings. The molecule has 1 aromatic heterocycles. The summed E-state index contributed by atoms with van der Waals surface area (Å²) in [4.78, 5) is 25.1. The van der Waals surface area contributed by atoms with E-state index in [-0.39, 0.29) is 12.1 Å². The van der Waals surface area contributed by atoms with Crippen molar-refractivity contribution in [2.45, 2.75) is 31.5 Å². The number of nitrogens with zero attached hydrogens (tertiary/aromatic N) is 3. The van der Waals surface area contributed by atoms with Crippen molar-refractivity contribution in [3.8, 4) is 0 Å². The molecule has 8 nitrogen and oxygen atoms in total. The van der Waals surface area contributed by atoms with Crippen LogP contribution in [0.25, 0.3) is 0 Å². The molecule has 8 heteroatoms. The topological polar surface area (TPSA) is 96.7 Å². The predicted molar refractivity (Wildman–Crippen MR) is 73.7 cm³/mol. The van der Waals surface area contributed by atoms with E-state index in [1.165, 1.54) is 15.8 Å². The van der Waals surface area contributed by atoms with Crippen LogP contribution in [0.3, 0.4) is 0 Å². The number of ether oxygens (including phenoxy) is 1. The highest BCUT2D eigenvalue weighted by Gasteiger charge is 2.32. The number of nitrogens with one attached hydrogen (secondary N) is 1. The third-order valence-electron chi connectivity index (χ3n) is 3.73. The van der Waals surface area contributed by atoms with Gasteiger partial charge in [0, 0.05) is 32.5 Å². The van der Waals surface area contributed by atoms with E-state index in [0.717, 1.165) is 6.42 Å². The zero-order chi connectivity index (χ0) is 15.6. The lowest BCUT2D eigenvalue weighted by Gasteiger charge is -2.28. The van der Waals surface area contributed by atoms with Crippen LogP contribution in [0.1, 0.15) is 24.9 Å². The van der Waals surface area contributed by atoms with Crippen LogP contribution >= 0.6 is 0 Å². The Morgan fingerprint density at radius 3 is 2.81 bits per heavy atom. The maximum absolute atomic E-state index is 12.2. The zero-order valence-corrected chi connectivity index (χ0v) is 12.3. The largest absolute Gasteiger partial charge is 0.479 e. The lowest BCUT2D eigenvalue weighted by Crippen LogP contribution is -2.48. The third kappa shape index (κ3) is 3.33. The first-order valence-corrected chi connectivity index (χ1v) is 6.76. The number of carboxylic acid groups (broad SMARTS) is 1. The summed E-state index contributed by atoms with van der Waals surface area (Å²) in [5, 5.41) is 15.7. The van der Waals surface area contributed by atoms with Crippen molar-refractivity contribution in [1.82, 2.24) is 20.0 Å². The number of carbonyl (C=O) groups is 2. The summed E-state index contributed by atoms with van der Waals surface area (Å²) in [7, 11) is 3.33. The molecule has 0 aliphatic carbocycles. The van der Waals surface area contributed by atoms with Crippen molar-refractivity contribution in [3.63, 3.8) is 0 Å². The summed E-state index contributed by atoms with van der Waals surface area (Å²) in [6.45, 7) is 2.51. The Balaban J connectivity index is 2.06. The molecule has 0 bridgehead atoms. The van der Waals surface area contributed by atoms with Gasteiger partial charge >= 0.3 is 12.0 Å². The minimum atomic E-state index is -1.12. The van der Waals surface area contributed by atoms with Crippen LogP contribution in [0.15, 0.2) is 12.4 Å². The Morgan fingerprint density at radius 1 is 1.62 bits per heavy atom. The van der Waals surface area contributed by atoms with Gasteiger partial charge in [-0.25, -0.2) is 9.59 Å². The molecule has 0 spiro atoms. The highest BCUT2D eigenvalue weighted by Crippen LogP contribution is 2.19. The monoisotopic (exact) mass is 296 g/mol. The molecule has 1 aliphatic heterocycles. The van der Waals surface area contributed by atoms with Gasteiger partial charge in [0.1, 0.15) is 0 Å². The first-order valence-electron chi connectivity index (χ1n) is 6.76. The van der Waals surface area contributed by atoms with Gasteiger partial charge in [-0.2, -0.15) is 5.10 Å². The van der Waals surface area contributed by atoms with Crippen molar-refractivity contribution >= 4 is 12.0 Å². The van der Waals surface area contributed by atoms with Crippen molar-refractivity contribution in [2.75, 3.05) is 13.7 Å². The minimum absolute atomic E-state index is 0.0478. The van der Waals surface area contributed by atoms with E-state index >= 15 is 0 Å². The molecule has 0 aromatic carbocycles. The van der Waals surface area contributed by atoms with E-state index < -0.39 is 18.0 Å². The molecular formula is C13H20N4O4. The fourth-order valence-corrected chi connectivity index (χ4v) is 2.48. The van der Waals surface area contributed by atoms with Gasteiger partial charge in [0.15, 0.2) is 6.04 Å². The van der Waals surface area contributed by atoms with Crippen molar-refractivity contribution in [2.24, 2.45) is 7.05 Å². The zero-order valence-electron chi connectivity index (χ0n) is 12.3. The van der Waals surface area contributed by atoms with Gasteiger partial charge in [-0.3, -0.25) is 4.68 Å². The Hall–Kier alpha value is -2.09. The highest BCUT2D eigenvalue weighted by molar-refractivity contribution is 5.83. The van der Waals surface area contributed by atoms with Gasteiger partial charge in [0.05, 0.1) is 18.3 Å². The summed E-state index contributed by atoms with van der Waals surface area (Å²) in [6.07, 6.45) is 3.69. The molecule has 1 saturated heterocycles. The number of aromatic nitrogens is 2. The quantitative estimate of drug-likeness (QED) is 0.836. The number of rotatable bonds is 4. The van der Waals surface area contributed by atoms with Gasteiger partial charge < -0.3 is 20.1 Å². The van der Waals surface area contributed by atoms with Gasteiger partial charge in [-0.15, -0.1) is 0 Å². The van der Waals surface area contributed by atoms with E-state index in [9.17, 15) is 14.7 Å². The number of hydrogen-bond acceptors (Lipinski definition) is 4. The number of amides is 2. The Morgan fingerprint density at radius 2 is 2.33 bits per heavy atom. The van der Waals surface area contributed by atoms with Crippen LogP contribution in [0.5, 0.6) is 0 Å². The Bertz CT molecular complexity index is 530. The fraction of sp³-hybridized carbons (Fsp3) is 0.615. The Labute approximate surface area is 122 Å². The summed E-state index contributed by atoms with van der Waals surface area (Å²) in [5.74, 6) is -1.12. The number of hydrogen-bond donors (Lipinski definition) is 2. The van der Waals surface area contributed by atoms with Crippen molar-refractivity contribution < 1.29 is 19.4 Å².